The van der Waals surface area contributed by atoms with E-state index in [1.165, 1.54) is 16.2 Å². The van der Waals surface area contributed by atoms with E-state index in [9.17, 15) is 9.59 Å². The normalized spacial score (nSPS) is 11.0. The average molecular weight is 370 g/mol. The number of rotatable bonds is 4. The number of nitrogens with one attached hydrogen (secondary N) is 1. The fourth-order valence-electron chi connectivity index (χ4n) is 2.98. The quantitative estimate of drug-likeness (QED) is 0.766. The van der Waals surface area contributed by atoms with E-state index in [-0.39, 0.29) is 18.4 Å². The van der Waals surface area contributed by atoms with Gasteiger partial charge in [-0.15, -0.1) is 11.3 Å². The molecule has 3 rings (SSSR count). The van der Waals surface area contributed by atoms with Crippen LogP contribution in [0.2, 0.25) is 0 Å². The molecule has 0 unspecified atom stereocenters. The van der Waals surface area contributed by atoms with E-state index in [0.717, 1.165) is 32.7 Å². The van der Waals surface area contributed by atoms with E-state index in [4.69, 9.17) is 0 Å². The van der Waals surface area contributed by atoms with Crippen molar-refractivity contribution in [3.63, 3.8) is 0 Å². The van der Waals surface area contributed by atoms with Crippen molar-refractivity contribution in [3.8, 4) is 0 Å². The molecule has 6 nitrogen and oxygen atoms in total. The van der Waals surface area contributed by atoms with Crippen LogP contribution in [0.5, 0.6) is 0 Å². The van der Waals surface area contributed by atoms with Gasteiger partial charge in [-0.1, -0.05) is 18.2 Å². The maximum Gasteiger partial charge on any atom is 0.264 e. The minimum atomic E-state index is -0.211. The summed E-state index contributed by atoms with van der Waals surface area (Å²) in [7, 11) is 3.50. The molecule has 0 fully saturated rings. The maximum atomic E-state index is 12.7. The summed E-state index contributed by atoms with van der Waals surface area (Å²) in [6.45, 7) is 5.82. The molecule has 0 bridgehead atoms. The van der Waals surface area contributed by atoms with Crippen molar-refractivity contribution >= 4 is 39.1 Å². The number of benzene rings is 1. The van der Waals surface area contributed by atoms with Crippen molar-refractivity contribution in [2.75, 3.05) is 18.9 Å². The lowest BCUT2D eigenvalue weighted by molar-refractivity contribution is -0.116. The Bertz CT molecular complexity index is 948. The first kappa shape index (κ1) is 18.1. The third kappa shape index (κ3) is 3.35. The Morgan fingerprint density at radius 2 is 1.88 bits per heavy atom. The lowest BCUT2D eigenvalue weighted by Crippen LogP contribution is -2.34. The fourth-order valence-corrected chi connectivity index (χ4v) is 4.09. The predicted molar refractivity (Wildman–Crippen MR) is 105 cm³/mol. The molecule has 2 aromatic heterocycles. The molecule has 0 atom stereocenters. The highest BCUT2D eigenvalue weighted by Crippen LogP contribution is 2.28. The van der Waals surface area contributed by atoms with Crippen molar-refractivity contribution < 1.29 is 9.59 Å². The van der Waals surface area contributed by atoms with Gasteiger partial charge >= 0.3 is 0 Å². The van der Waals surface area contributed by atoms with Crippen LogP contribution in [0.3, 0.4) is 0 Å². The topological polar surface area (TPSA) is 67.2 Å². The summed E-state index contributed by atoms with van der Waals surface area (Å²) in [5.41, 5.74) is 3.70. The van der Waals surface area contributed by atoms with Crippen molar-refractivity contribution in [1.82, 2.24) is 14.7 Å². The summed E-state index contributed by atoms with van der Waals surface area (Å²) in [5, 5.41) is 8.24. The lowest BCUT2D eigenvalue weighted by atomic mass is 10.1. The molecular weight excluding hydrogens is 348 g/mol. The van der Waals surface area contributed by atoms with Gasteiger partial charge in [0.2, 0.25) is 5.91 Å². The standard InChI is InChI=1S/C19H22N4O2S/c1-11-7-6-8-12(2)17(11)20-16(24)10-22(4)18(25)15-9-14-13(3)21-23(5)19(14)26-15/h6-9H,10H2,1-5H3,(H,20,24). The van der Waals surface area contributed by atoms with Gasteiger partial charge in [0, 0.05) is 25.2 Å². The number of hydrogen-bond donors (Lipinski definition) is 1. The molecule has 0 saturated heterocycles. The lowest BCUT2D eigenvalue weighted by Gasteiger charge is -2.17. The summed E-state index contributed by atoms with van der Waals surface area (Å²) < 4.78 is 1.78. The SMILES string of the molecule is Cc1cccc(C)c1NC(=O)CN(C)C(=O)c1cc2c(C)nn(C)c2s1. The summed E-state index contributed by atoms with van der Waals surface area (Å²) >= 11 is 1.39. The molecule has 1 aromatic carbocycles. The Labute approximate surface area is 156 Å². The van der Waals surface area contributed by atoms with E-state index in [1.807, 2.05) is 52.1 Å². The largest absolute Gasteiger partial charge is 0.332 e. The third-order valence-corrected chi connectivity index (χ3v) is 5.57. The van der Waals surface area contributed by atoms with Gasteiger partial charge in [-0.05, 0) is 38.0 Å². The first-order valence-electron chi connectivity index (χ1n) is 8.32. The van der Waals surface area contributed by atoms with Gasteiger partial charge in [0.25, 0.3) is 5.91 Å². The number of nitrogens with zero attached hydrogens (tertiary/aromatic N) is 3. The molecule has 2 heterocycles. The number of thiophene rings is 1. The Morgan fingerprint density at radius 1 is 1.23 bits per heavy atom. The highest BCUT2D eigenvalue weighted by molar-refractivity contribution is 7.20. The van der Waals surface area contributed by atoms with E-state index >= 15 is 0 Å². The second-order valence-corrected chi connectivity index (χ2v) is 7.55. The average Bonchev–Trinajstić information content (AvgIpc) is 3.12. The molecule has 26 heavy (non-hydrogen) atoms. The molecule has 1 N–H and O–H groups in total. The maximum absolute atomic E-state index is 12.7. The molecule has 0 aliphatic rings. The Hall–Kier alpha value is -2.67. The number of carbonyl (C=O) groups excluding carboxylic acids is 2. The summed E-state index contributed by atoms with van der Waals surface area (Å²) in [5.74, 6) is -0.375. The highest BCUT2D eigenvalue weighted by Gasteiger charge is 2.20. The number of aromatic nitrogens is 2. The zero-order chi connectivity index (χ0) is 19.0. The number of hydrogen-bond acceptors (Lipinski definition) is 4. The van der Waals surface area contributed by atoms with Gasteiger partial charge in [0.15, 0.2) is 0 Å². The Kier molecular flexibility index (Phi) is 4.82. The van der Waals surface area contributed by atoms with E-state index < -0.39 is 0 Å². The minimum Gasteiger partial charge on any atom is -0.332 e. The van der Waals surface area contributed by atoms with Crippen LogP contribution >= 0.6 is 11.3 Å². The zero-order valence-electron chi connectivity index (χ0n) is 15.6. The van der Waals surface area contributed by atoms with Gasteiger partial charge in [0.1, 0.15) is 4.83 Å². The molecule has 0 saturated carbocycles. The molecule has 0 spiro atoms. The van der Waals surface area contributed by atoms with Gasteiger partial charge in [-0.2, -0.15) is 5.10 Å². The molecular formula is C19H22N4O2S. The second kappa shape index (κ2) is 6.92. The third-order valence-electron chi connectivity index (χ3n) is 4.38. The first-order chi connectivity index (χ1) is 12.3. The molecule has 7 heteroatoms. The number of carbonyl (C=O) groups is 2. The highest BCUT2D eigenvalue weighted by atomic mass is 32.1. The number of likely N-dealkylation sites (N-methyl/N-ethyl adjacent to an activating group) is 1. The number of anilines is 1. The van der Waals surface area contributed by atoms with Crippen LogP contribution in [-0.4, -0.2) is 40.1 Å². The van der Waals surface area contributed by atoms with Crippen molar-refractivity contribution in [1.29, 1.82) is 0 Å². The van der Waals surface area contributed by atoms with Crippen LogP contribution in [0.15, 0.2) is 24.3 Å². The Morgan fingerprint density at radius 3 is 2.50 bits per heavy atom. The molecule has 136 valence electrons. The predicted octanol–water partition coefficient (Wildman–Crippen LogP) is 3.27. The van der Waals surface area contributed by atoms with Crippen LogP contribution < -0.4 is 5.32 Å². The summed E-state index contributed by atoms with van der Waals surface area (Å²) in [6.07, 6.45) is 0. The van der Waals surface area contributed by atoms with Crippen LogP contribution in [0, 0.1) is 20.8 Å². The number of fused-ring (bicyclic) bond motifs is 1. The van der Waals surface area contributed by atoms with E-state index in [1.54, 1.807) is 11.7 Å². The van der Waals surface area contributed by atoms with Crippen LogP contribution in [0.4, 0.5) is 5.69 Å². The molecule has 0 radical (unpaired) electrons. The van der Waals surface area contributed by atoms with Gasteiger partial charge in [-0.25, -0.2) is 0 Å². The fraction of sp³-hybridized carbons (Fsp3) is 0.316. The van der Waals surface area contributed by atoms with Crippen LogP contribution in [-0.2, 0) is 11.8 Å². The first-order valence-corrected chi connectivity index (χ1v) is 9.14. The van der Waals surface area contributed by atoms with Crippen LogP contribution in [0.1, 0.15) is 26.5 Å². The number of aryl methyl sites for hydroxylation is 4. The smallest absolute Gasteiger partial charge is 0.264 e. The molecule has 0 aliphatic carbocycles. The molecule has 2 amide bonds. The molecule has 0 aliphatic heterocycles. The molecule has 3 aromatic rings. The second-order valence-electron chi connectivity index (χ2n) is 6.51. The Balaban J connectivity index is 1.72. The van der Waals surface area contributed by atoms with Gasteiger partial charge in [0.05, 0.1) is 17.1 Å². The summed E-state index contributed by atoms with van der Waals surface area (Å²) in [6, 6.07) is 7.70. The minimum absolute atomic E-state index is 0.00190. The number of para-hydroxylation sites is 1. The van der Waals surface area contributed by atoms with E-state index in [0.29, 0.717) is 4.88 Å². The van der Waals surface area contributed by atoms with Crippen molar-refractivity contribution in [2.45, 2.75) is 20.8 Å². The zero-order valence-corrected chi connectivity index (χ0v) is 16.4. The monoisotopic (exact) mass is 370 g/mol. The van der Waals surface area contributed by atoms with Gasteiger partial charge in [-0.3, -0.25) is 14.3 Å². The van der Waals surface area contributed by atoms with Crippen molar-refractivity contribution in [3.05, 3.63) is 46.0 Å². The summed E-state index contributed by atoms with van der Waals surface area (Å²) in [4.78, 5) is 28.1. The number of amides is 2. The van der Waals surface area contributed by atoms with E-state index in [2.05, 4.69) is 10.4 Å². The van der Waals surface area contributed by atoms with Crippen molar-refractivity contribution in [2.24, 2.45) is 7.05 Å². The van der Waals surface area contributed by atoms with Crippen LogP contribution in [0.25, 0.3) is 10.2 Å². The van der Waals surface area contributed by atoms with Gasteiger partial charge < -0.3 is 10.2 Å².